The van der Waals surface area contributed by atoms with Crippen molar-refractivity contribution in [3.05, 3.63) is 21.8 Å². The van der Waals surface area contributed by atoms with Gasteiger partial charge in [0.05, 0.1) is 9.87 Å². The maximum atomic E-state index is 8.11. The Hall–Kier alpha value is -0.730. The van der Waals surface area contributed by atoms with Gasteiger partial charge in [-0.25, -0.2) is 0 Å². The molecule has 0 saturated carbocycles. The van der Waals surface area contributed by atoms with Crippen molar-refractivity contribution < 1.29 is 12.4 Å². The van der Waals surface area contributed by atoms with E-state index in [9.17, 15) is 0 Å². The second-order valence-corrected chi connectivity index (χ2v) is 2.22. The van der Waals surface area contributed by atoms with Crippen molar-refractivity contribution in [1.29, 1.82) is 5.39 Å². The molecule has 0 aromatic carbocycles. The van der Waals surface area contributed by atoms with Crippen LogP contribution in [0.5, 0.6) is 0 Å². The van der Waals surface area contributed by atoms with Crippen LogP contribution in [0.4, 0.5) is 5.95 Å². The lowest BCUT2D eigenvalue weighted by Gasteiger charge is -1.73. The van der Waals surface area contributed by atoms with Crippen LogP contribution in [-0.4, -0.2) is 9.97 Å². The highest BCUT2D eigenvalue weighted by Gasteiger charge is 2.04. The molecular formula is C4H2BrClN4. The zero-order valence-corrected chi connectivity index (χ0v) is 7.04. The van der Waals surface area contributed by atoms with Gasteiger partial charge >= 0.3 is 5.95 Å². The van der Waals surface area contributed by atoms with E-state index in [0.29, 0.717) is 0 Å². The van der Waals surface area contributed by atoms with Crippen LogP contribution in [0.1, 0.15) is 0 Å². The second kappa shape index (κ2) is 4.14. The Kier molecular flexibility index (Phi) is 3.84. The van der Waals surface area contributed by atoms with Gasteiger partial charge in [-0.3, -0.25) is 0 Å². The summed E-state index contributed by atoms with van der Waals surface area (Å²) in [6.07, 6.45) is 3.00. The van der Waals surface area contributed by atoms with E-state index in [1.165, 1.54) is 12.4 Å². The third-order valence-electron chi connectivity index (χ3n) is 0.696. The third-order valence-corrected chi connectivity index (χ3v) is 1.11. The summed E-state index contributed by atoms with van der Waals surface area (Å²) >= 11 is 3.13. The van der Waals surface area contributed by atoms with Gasteiger partial charge in [0.1, 0.15) is 12.4 Å². The number of hydrogen-bond donors (Lipinski definition) is 0. The lowest BCUT2D eigenvalue weighted by atomic mass is 10.7. The average Bonchev–Trinajstić information content (AvgIpc) is 1.90. The van der Waals surface area contributed by atoms with Gasteiger partial charge in [-0.15, -0.1) is 0 Å². The molecule has 0 atom stereocenters. The number of halogens is 2. The fourth-order valence-corrected chi connectivity index (χ4v) is 0.562. The lowest BCUT2D eigenvalue weighted by Crippen LogP contribution is -3.00. The van der Waals surface area contributed by atoms with Crippen molar-refractivity contribution >= 4 is 21.9 Å². The molecule has 0 spiro atoms. The van der Waals surface area contributed by atoms with Crippen LogP contribution in [0.15, 0.2) is 16.9 Å². The zero-order chi connectivity index (χ0) is 6.69. The molecule has 52 valence electrons. The topological polar surface area (TPSA) is 53.9 Å². The predicted octanol–water partition coefficient (Wildman–Crippen LogP) is -1.27. The van der Waals surface area contributed by atoms with E-state index in [1.807, 2.05) is 0 Å². The van der Waals surface area contributed by atoms with Gasteiger partial charge in [-0.1, -0.05) is 9.97 Å². The van der Waals surface area contributed by atoms with Gasteiger partial charge in [0, 0.05) is 0 Å². The number of diazo groups is 1. The molecule has 0 bridgehead atoms. The van der Waals surface area contributed by atoms with Gasteiger partial charge in [-0.05, 0) is 20.9 Å². The van der Waals surface area contributed by atoms with Crippen LogP contribution >= 0.6 is 15.9 Å². The largest absolute Gasteiger partial charge is 1.00 e. The molecular weight excluding hydrogens is 219 g/mol. The minimum Gasteiger partial charge on any atom is -1.00 e. The second-order valence-electron chi connectivity index (χ2n) is 1.30. The summed E-state index contributed by atoms with van der Waals surface area (Å²) in [6, 6.07) is 0. The fourth-order valence-electron chi connectivity index (χ4n) is 0.357. The van der Waals surface area contributed by atoms with E-state index in [4.69, 9.17) is 5.39 Å². The van der Waals surface area contributed by atoms with Crippen LogP contribution in [0.3, 0.4) is 0 Å². The van der Waals surface area contributed by atoms with Gasteiger partial charge in [0.2, 0.25) is 0 Å². The number of hydrogen-bond acceptors (Lipinski definition) is 3. The molecule has 10 heavy (non-hydrogen) atoms. The Morgan fingerprint density at radius 3 is 2.30 bits per heavy atom. The molecule has 1 aromatic heterocycles. The van der Waals surface area contributed by atoms with E-state index in [1.54, 1.807) is 0 Å². The molecule has 0 radical (unpaired) electrons. The molecule has 1 rings (SSSR count). The van der Waals surface area contributed by atoms with E-state index >= 15 is 0 Å². The molecule has 0 N–H and O–H groups in total. The van der Waals surface area contributed by atoms with Gasteiger partial charge < -0.3 is 12.4 Å². The van der Waals surface area contributed by atoms with Crippen LogP contribution in [0.2, 0.25) is 0 Å². The summed E-state index contributed by atoms with van der Waals surface area (Å²) in [5, 5.41) is 8.11. The van der Waals surface area contributed by atoms with Crippen molar-refractivity contribution in [2.45, 2.75) is 0 Å². The van der Waals surface area contributed by atoms with Gasteiger partial charge in [-0.2, -0.15) is 0 Å². The van der Waals surface area contributed by atoms with Crippen LogP contribution in [0.25, 0.3) is 4.98 Å². The average molecular weight is 221 g/mol. The highest BCUT2D eigenvalue weighted by molar-refractivity contribution is 9.10. The Morgan fingerprint density at radius 2 is 1.90 bits per heavy atom. The normalized spacial score (nSPS) is 7.60. The van der Waals surface area contributed by atoms with Crippen LogP contribution < -0.4 is 12.4 Å². The first-order valence-electron chi connectivity index (χ1n) is 2.15. The molecule has 0 saturated heterocycles. The lowest BCUT2D eigenvalue weighted by molar-refractivity contribution is -0.00000212. The molecule has 0 amide bonds. The van der Waals surface area contributed by atoms with Crippen molar-refractivity contribution in [3.8, 4) is 0 Å². The maximum Gasteiger partial charge on any atom is 0.561 e. The Morgan fingerprint density at radius 1 is 1.40 bits per heavy atom. The highest BCUT2D eigenvalue weighted by atomic mass is 79.9. The van der Waals surface area contributed by atoms with E-state index < -0.39 is 0 Å². The van der Waals surface area contributed by atoms with E-state index in [-0.39, 0.29) is 18.4 Å². The number of nitrogens with zero attached hydrogens (tertiary/aromatic N) is 4. The minimum absolute atomic E-state index is 0. The molecule has 6 heteroatoms. The summed E-state index contributed by atoms with van der Waals surface area (Å²) in [6.45, 7) is 0. The number of aromatic nitrogens is 2. The summed E-state index contributed by atoms with van der Waals surface area (Å²) in [4.78, 5) is 10.0. The molecule has 1 aromatic rings. The minimum atomic E-state index is 0. The first-order chi connectivity index (χ1) is 4.33. The Balaban J connectivity index is 0.000000810. The molecule has 0 aliphatic rings. The Labute approximate surface area is 71.9 Å². The molecule has 0 unspecified atom stereocenters. The summed E-state index contributed by atoms with van der Waals surface area (Å²) in [5.41, 5.74) is 0. The summed E-state index contributed by atoms with van der Waals surface area (Å²) < 4.78 is 0.759. The summed E-state index contributed by atoms with van der Waals surface area (Å²) in [5.74, 6) is 0.0678. The predicted molar refractivity (Wildman–Crippen MR) is 34.5 cm³/mol. The quantitative estimate of drug-likeness (QED) is 0.513. The number of rotatable bonds is 0. The summed E-state index contributed by atoms with van der Waals surface area (Å²) in [7, 11) is 0. The zero-order valence-electron chi connectivity index (χ0n) is 4.70. The fraction of sp³-hybridized carbons (Fsp3) is 0. The molecule has 0 aliphatic carbocycles. The maximum absolute atomic E-state index is 8.11. The first-order valence-corrected chi connectivity index (χ1v) is 2.95. The third kappa shape index (κ3) is 2.25. The molecule has 0 fully saturated rings. The van der Waals surface area contributed by atoms with Crippen molar-refractivity contribution in [1.82, 2.24) is 9.97 Å². The standard InChI is InChI=1S/C4H2BrN4.ClH/c5-3-1-7-4(9-6)8-2-3;/h1-2H;1H/q+1;/p-1. The molecule has 1 heterocycles. The smallest absolute Gasteiger partial charge is 0.561 e. The van der Waals surface area contributed by atoms with Crippen LogP contribution in [-0.2, 0) is 0 Å². The van der Waals surface area contributed by atoms with Gasteiger partial charge in [0.25, 0.3) is 0 Å². The monoisotopic (exact) mass is 220 g/mol. The van der Waals surface area contributed by atoms with Gasteiger partial charge in [0.15, 0.2) is 0 Å². The van der Waals surface area contributed by atoms with Crippen molar-refractivity contribution in [3.63, 3.8) is 0 Å². The SMILES string of the molecule is N#[N+]c1ncc(Br)cn1.[Cl-]. The van der Waals surface area contributed by atoms with E-state index in [2.05, 4.69) is 30.9 Å². The Bertz CT molecular complexity index is 240. The molecule has 0 aliphatic heterocycles. The highest BCUT2D eigenvalue weighted by Crippen LogP contribution is 2.07. The van der Waals surface area contributed by atoms with Crippen molar-refractivity contribution in [2.24, 2.45) is 0 Å². The van der Waals surface area contributed by atoms with E-state index in [0.717, 1.165) is 4.47 Å². The molecule has 4 nitrogen and oxygen atoms in total. The van der Waals surface area contributed by atoms with Crippen LogP contribution in [0, 0.1) is 5.39 Å². The first kappa shape index (κ1) is 9.27. The van der Waals surface area contributed by atoms with Crippen molar-refractivity contribution in [2.75, 3.05) is 0 Å².